The van der Waals surface area contributed by atoms with Crippen LogP contribution in [0.4, 0.5) is 0 Å². The van der Waals surface area contributed by atoms with Crippen LogP contribution in [-0.4, -0.2) is 54.9 Å². The van der Waals surface area contributed by atoms with Gasteiger partial charge in [-0.05, 0) is 5.41 Å². The highest BCUT2D eigenvalue weighted by Gasteiger charge is 2.39. The molecule has 0 aliphatic carbocycles. The Morgan fingerprint density at radius 2 is 2.00 bits per heavy atom. The van der Waals surface area contributed by atoms with E-state index in [0.717, 1.165) is 5.75 Å². The van der Waals surface area contributed by atoms with Crippen LogP contribution in [0, 0.1) is 5.41 Å². The quantitative estimate of drug-likeness (QED) is 0.792. The number of hydrogen-bond donors (Lipinski definition) is 1. The molecule has 0 aromatic heterocycles. The molecule has 2 atom stereocenters. The predicted molar refractivity (Wildman–Crippen MR) is 75.1 cm³/mol. The Bertz CT molecular complexity index is 414. The number of rotatable bonds is 2. The molecule has 1 rings (SSSR count). The van der Waals surface area contributed by atoms with Crippen molar-refractivity contribution >= 4 is 27.5 Å². The van der Waals surface area contributed by atoms with Crippen LogP contribution in [0.3, 0.4) is 0 Å². The zero-order chi connectivity index (χ0) is 14.1. The zero-order valence-corrected chi connectivity index (χ0v) is 13.0. The van der Waals surface area contributed by atoms with Gasteiger partial charge in [0.15, 0.2) is 9.84 Å². The second-order valence-corrected chi connectivity index (χ2v) is 9.09. The van der Waals surface area contributed by atoms with E-state index in [9.17, 15) is 13.2 Å². The van der Waals surface area contributed by atoms with Crippen molar-refractivity contribution in [3.05, 3.63) is 0 Å². The van der Waals surface area contributed by atoms with Crippen molar-refractivity contribution in [2.75, 3.05) is 24.3 Å². The molecule has 0 aromatic carbocycles. The number of thioether (sulfide) groups is 1. The standard InChI is InChI=1S/C11H22N2O3S2/c1-11(2,3)9(12)10(14)13-5-6-17-7-8(13)18(4,15)16/h8-9H,5-7,12H2,1-4H3/t8?,9-/m0/s1. The molecule has 1 aliphatic heterocycles. The van der Waals surface area contributed by atoms with Crippen LogP contribution < -0.4 is 5.73 Å². The summed E-state index contributed by atoms with van der Waals surface area (Å²) in [5.74, 6) is 0.925. The van der Waals surface area contributed by atoms with E-state index in [1.165, 1.54) is 11.2 Å². The summed E-state index contributed by atoms with van der Waals surface area (Å²) in [7, 11) is -3.27. The molecule has 1 heterocycles. The lowest BCUT2D eigenvalue weighted by molar-refractivity contribution is -0.135. The number of carbonyl (C=O) groups excluding carboxylic acids is 1. The summed E-state index contributed by atoms with van der Waals surface area (Å²) in [6.45, 7) is 6.09. The van der Waals surface area contributed by atoms with Crippen molar-refractivity contribution in [3.63, 3.8) is 0 Å². The van der Waals surface area contributed by atoms with E-state index in [-0.39, 0.29) is 11.3 Å². The van der Waals surface area contributed by atoms with Crippen LogP contribution in [0.25, 0.3) is 0 Å². The summed E-state index contributed by atoms with van der Waals surface area (Å²) in [4.78, 5) is 13.8. The summed E-state index contributed by atoms with van der Waals surface area (Å²) in [5.41, 5.74) is 5.57. The summed E-state index contributed by atoms with van der Waals surface area (Å²) in [6, 6.07) is -0.676. The average molecular weight is 294 g/mol. The molecule has 0 spiro atoms. The Labute approximate surface area is 113 Å². The fourth-order valence-electron chi connectivity index (χ4n) is 1.74. The van der Waals surface area contributed by atoms with Crippen LogP contribution in [-0.2, 0) is 14.6 Å². The van der Waals surface area contributed by atoms with Crippen molar-refractivity contribution in [1.29, 1.82) is 0 Å². The maximum Gasteiger partial charge on any atom is 0.241 e. The summed E-state index contributed by atoms with van der Waals surface area (Å²) < 4.78 is 23.5. The highest BCUT2D eigenvalue weighted by Crippen LogP contribution is 2.25. The van der Waals surface area contributed by atoms with Gasteiger partial charge in [-0.25, -0.2) is 8.42 Å². The molecule has 5 nitrogen and oxygen atoms in total. The van der Waals surface area contributed by atoms with Crippen molar-refractivity contribution < 1.29 is 13.2 Å². The number of nitrogens with zero attached hydrogens (tertiary/aromatic N) is 1. The normalized spacial score (nSPS) is 23.8. The molecule has 1 aliphatic rings. The minimum atomic E-state index is -3.27. The summed E-state index contributed by atoms with van der Waals surface area (Å²) in [6.07, 6.45) is 1.17. The van der Waals surface area contributed by atoms with Crippen LogP contribution in [0.15, 0.2) is 0 Å². The molecule has 0 bridgehead atoms. The van der Waals surface area contributed by atoms with Crippen molar-refractivity contribution in [2.24, 2.45) is 11.1 Å². The van der Waals surface area contributed by atoms with E-state index >= 15 is 0 Å². The fraction of sp³-hybridized carbons (Fsp3) is 0.909. The number of amides is 1. The maximum atomic E-state index is 12.3. The molecule has 1 fully saturated rings. The summed E-state index contributed by atoms with van der Waals surface area (Å²) >= 11 is 1.56. The first-order chi connectivity index (χ1) is 8.05. The lowest BCUT2D eigenvalue weighted by atomic mass is 9.86. The average Bonchev–Trinajstić information content (AvgIpc) is 2.24. The van der Waals surface area contributed by atoms with Gasteiger partial charge in [0.2, 0.25) is 5.91 Å². The first-order valence-electron chi connectivity index (χ1n) is 5.88. The van der Waals surface area contributed by atoms with Gasteiger partial charge in [0.05, 0.1) is 6.04 Å². The molecular formula is C11H22N2O3S2. The van der Waals surface area contributed by atoms with Crippen LogP contribution in [0.1, 0.15) is 20.8 Å². The van der Waals surface area contributed by atoms with Gasteiger partial charge in [0.1, 0.15) is 5.37 Å². The first-order valence-corrected chi connectivity index (χ1v) is 8.98. The molecule has 0 radical (unpaired) electrons. The number of carbonyl (C=O) groups is 1. The third-order valence-electron chi connectivity index (χ3n) is 3.06. The van der Waals surface area contributed by atoms with Gasteiger partial charge >= 0.3 is 0 Å². The highest BCUT2D eigenvalue weighted by atomic mass is 32.2. The predicted octanol–water partition coefficient (Wildman–Crippen LogP) is 0.306. The Morgan fingerprint density at radius 3 is 2.44 bits per heavy atom. The molecular weight excluding hydrogens is 272 g/mol. The molecule has 106 valence electrons. The molecule has 2 N–H and O–H groups in total. The minimum Gasteiger partial charge on any atom is -0.323 e. The van der Waals surface area contributed by atoms with E-state index in [0.29, 0.717) is 12.3 Å². The van der Waals surface area contributed by atoms with Crippen LogP contribution in [0.2, 0.25) is 0 Å². The van der Waals surface area contributed by atoms with Gasteiger partial charge in [-0.2, -0.15) is 11.8 Å². The van der Waals surface area contributed by atoms with Gasteiger partial charge in [-0.1, -0.05) is 20.8 Å². The Balaban J connectivity index is 2.95. The van der Waals surface area contributed by atoms with Gasteiger partial charge in [0.25, 0.3) is 0 Å². The van der Waals surface area contributed by atoms with Gasteiger partial charge < -0.3 is 10.6 Å². The monoisotopic (exact) mass is 294 g/mol. The van der Waals surface area contributed by atoms with Crippen LogP contribution in [0.5, 0.6) is 0 Å². The van der Waals surface area contributed by atoms with E-state index in [1.807, 2.05) is 20.8 Å². The molecule has 7 heteroatoms. The molecule has 1 unspecified atom stereocenters. The lowest BCUT2D eigenvalue weighted by Crippen LogP contribution is -2.57. The van der Waals surface area contributed by atoms with Gasteiger partial charge in [0, 0.05) is 24.3 Å². The van der Waals surface area contributed by atoms with E-state index in [1.54, 1.807) is 11.8 Å². The van der Waals surface area contributed by atoms with Crippen molar-refractivity contribution in [2.45, 2.75) is 32.2 Å². The second kappa shape index (κ2) is 5.38. The maximum absolute atomic E-state index is 12.3. The van der Waals surface area contributed by atoms with Gasteiger partial charge in [-0.15, -0.1) is 0 Å². The molecule has 0 aromatic rings. The van der Waals surface area contributed by atoms with E-state index < -0.39 is 21.3 Å². The third kappa shape index (κ3) is 3.61. The largest absolute Gasteiger partial charge is 0.323 e. The zero-order valence-electron chi connectivity index (χ0n) is 11.3. The smallest absolute Gasteiger partial charge is 0.241 e. The SMILES string of the molecule is CC(C)(C)[C@@H](N)C(=O)N1CCSCC1S(C)(=O)=O. The Hall–Kier alpha value is -0.270. The molecule has 0 saturated carbocycles. The number of nitrogens with two attached hydrogens (primary N) is 1. The highest BCUT2D eigenvalue weighted by molar-refractivity contribution is 8.00. The number of sulfone groups is 1. The Morgan fingerprint density at radius 1 is 1.44 bits per heavy atom. The lowest BCUT2D eigenvalue weighted by Gasteiger charge is -2.38. The third-order valence-corrected chi connectivity index (χ3v) is 5.70. The minimum absolute atomic E-state index is 0.266. The first kappa shape index (κ1) is 15.8. The van der Waals surface area contributed by atoms with Crippen molar-refractivity contribution in [3.8, 4) is 0 Å². The number of hydrogen-bond acceptors (Lipinski definition) is 5. The topological polar surface area (TPSA) is 80.5 Å². The van der Waals surface area contributed by atoms with Crippen LogP contribution >= 0.6 is 11.8 Å². The van der Waals surface area contributed by atoms with E-state index in [4.69, 9.17) is 5.73 Å². The Kier molecular flexibility index (Phi) is 4.72. The molecule has 1 saturated heterocycles. The van der Waals surface area contributed by atoms with Crippen molar-refractivity contribution in [1.82, 2.24) is 4.90 Å². The molecule has 18 heavy (non-hydrogen) atoms. The summed E-state index contributed by atoms with van der Waals surface area (Å²) in [5, 5.41) is -0.739. The second-order valence-electron chi connectivity index (χ2n) is 5.73. The molecule has 1 amide bonds. The van der Waals surface area contributed by atoms with Gasteiger partial charge in [-0.3, -0.25) is 4.79 Å². The van der Waals surface area contributed by atoms with E-state index in [2.05, 4.69) is 0 Å². The fourth-order valence-corrected chi connectivity index (χ4v) is 4.56.